The maximum absolute atomic E-state index is 13.8. The summed E-state index contributed by atoms with van der Waals surface area (Å²) in [7, 11) is 0. The number of nitrogens with zero attached hydrogens (tertiary/aromatic N) is 2. The summed E-state index contributed by atoms with van der Waals surface area (Å²) < 4.78 is 40.3. The molecule has 7 heteroatoms. The molecule has 4 nitrogen and oxygen atoms in total. The number of hydrogen-bond acceptors (Lipinski definition) is 3. The number of amides is 1. The third-order valence-corrected chi connectivity index (χ3v) is 4.25. The summed E-state index contributed by atoms with van der Waals surface area (Å²) >= 11 is 0. The molecule has 1 amide bonds. The molecule has 0 unspecified atom stereocenters. The molecule has 24 heavy (non-hydrogen) atoms. The highest BCUT2D eigenvalue weighted by atomic mass is 19.1. The first-order valence-electron chi connectivity index (χ1n) is 7.48. The second kappa shape index (κ2) is 6.24. The lowest BCUT2D eigenvalue weighted by Gasteiger charge is -2.38. The summed E-state index contributed by atoms with van der Waals surface area (Å²) in [5.41, 5.74) is -1.41. The Kier molecular flexibility index (Phi) is 4.28. The van der Waals surface area contributed by atoms with Crippen LogP contribution in [0, 0.1) is 17.6 Å². The summed E-state index contributed by atoms with van der Waals surface area (Å²) in [6.07, 6.45) is 1.51. The van der Waals surface area contributed by atoms with E-state index in [9.17, 15) is 23.1 Å². The highest BCUT2D eigenvalue weighted by Crippen LogP contribution is 2.34. The van der Waals surface area contributed by atoms with E-state index in [0.717, 1.165) is 12.1 Å². The maximum atomic E-state index is 13.8. The monoisotopic (exact) mass is 336 g/mol. The van der Waals surface area contributed by atoms with Gasteiger partial charge in [-0.05, 0) is 31.0 Å². The van der Waals surface area contributed by atoms with Crippen molar-refractivity contribution in [3.8, 4) is 0 Å². The number of aliphatic hydroxyl groups is 1. The molecule has 0 spiro atoms. The number of carbonyl (C=O) groups is 1. The van der Waals surface area contributed by atoms with Crippen LogP contribution < -0.4 is 0 Å². The fourth-order valence-corrected chi connectivity index (χ4v) is 2.94. The van der Waals surface area contributed by atoms with Gasteiger partial charge < -0.3 is 10.0 Å². The predicted molar refractivity (Wildman–Crippen MR) is 79.6 cm³/mol. The van der Waals surface area contributed by atoms with Crippen LogP contribution in [-0.2, 0) is 5.60 Å². The van der Waals surface area contributed by atoms with Gasteiger partial charge in [-0.3, -0.25) is 4.79 Å². The van der Waals surface area contributed by atoms with E-state index in [0.29, 0.717) is 6.07 Å². The smallest absolute Gasteiger partial charge is 0.254 e. The van der Waals surface area contributed by atoms with Crippen molar-refractivity contribution in [1.29, 1.82) is 0 Å². The van der Waals surface area contributed by atoms with Gasteiger partial charge >= 0.3 is 0 Å². The zero-order valence-corrected chi connectivity index (χ0v) is 12.7. The Labute approximate surface area is 136 Å². The van der Waals surface area contributed by atoms with Crippen LogP contribution in [0.3, 0.4) is 0 Å². The van der Waals surface area contributed by atoms with E-state index >= 15 is 0 Å². The van der Waals surface area contributed by atoms with E-state index in [4.69, 9.17) is 0 Å². The van der Waals surface area contributed by atoms with Crippen molar-refractivity contribution in [1.82, 2.24) is 9.88 Å². The van der Waals surface area contributed by atoms with Crippen LogP contribution in [0.2, 0.25) is 0 Å². The summed E-state index contributed by atoms with van der Waals surface area (Å²) in [4.78, 5) is 17.3. The fraction of sp³-hybridized carbons (Fsp3) is 0.294. The SMILES string of the molecule is O=C(c1cc(F)cc(F)c1)N1CCC(O)(c2cccnc2F)CC1. The van der Waals surface area contributed by atoms with Crippen molar-refractivity contribution < 1.29 is 23.1 Å². The maximum Gasteiger partial charge on any atom is 0.254 e. The topological polar surface area (TPSA) is 53.4 Å². The van der Waals surface area contributed by atoms with Crippen LogP contribution in [0.1, 0.15) is 28.8 Å². The minimum absolute atomic E-state index is 0.0916. The number of halogens is 3. The van der Waals surface area contributed by atoms with Crippen LogP contribution in [0.5, 0.6) is 0 Å². The van der Waals surface area contributed by atoms with E-state index in [1.807, 2.05) is 0 Å². The first-order chi connectivity index (χ1) is 11.4. The molecular weight excluding hydrogens is 321 g/mol. The van der Waals surface area contributed by atoms with Gasteiger partial charge in [0.25, 0.3) is 5.91 Å². The predicted octanol–water partition coefficient (Wildman–Crippen LogP) is 2.62. The van der Waals surface area contributed by atoms with Gasteiger partial charge in [0.2, 0.25) is 5.95 Å². The first-order valence-corrected chi connectivity index (χ1v) is 7.48. The molecule has 0 radical (unpaired) electrons. The molecule has 1 aromatic carbocycles. The van der Waals surface area contributed by atoms with Crippen molar-refractivity contribution in [3.05, 3.63) is 65.2 Å². The molecule has 0 atom stereocenters. The normalized spacial score (nSPS) is 16.9. The number of likely N-dealkylation sites (tertiary alicyclic amines) is 1. The van der Waals surface area contributed by atoms with E-state index < -0.39 is 29.1 Å². The molecule has 126 valence electrons. The number of pyridine rings is 1. The Hall–Kier alpha value is -2.41. The van der Waals surface area contributed by atoms with Crippen LogP contribution in [0.15, 0.2) is 36.5 Å². The third-order valence-electron chi connectivity index (χ3n) is 4.25. The molecule has 1 aliphatic heterocycles. The number of hydrogen-bond donors (Lipinski definition) is 1. The lowest BCUT2D eigenvalue weighted by atomic mass is 9.85. The van der Waals surface area contributed by atoms with Gasteiger partial charge in [-0.25, -0.2) is 13.8 Å². The largest absolute Gasteiger partial charge is 0.385 e. The van der Waals surface area contributed by atoms with E-state index in [1.54, 1.807) is 0 Å². The van der Waals surface area contributed by atoms with Gasteiger partial charge in [0.15, 0.2) is 0 Å². The molecule has 0 bridgehead atoms. The number of carbonyl (C=O) groups excluding carboxylic acids is 1. The zero-order chi connectivity index (χ0) is 17.3. The minimum atomic E-state index is -1.41. The molecular formula is C17H15F3N2O2. The average Bonchev–Trinajstić information content (AvgIpc) is 2.54. The summed E-state index contributed by atoms with van der Waals surface area (Å²) in [5.74, 6) is -2.93. The van der Waals surface area contributed by atoms with E-state index in [1.165, 1.54) is 23.2 Å². The Morgan fingerprint density at radius 1 is 1.12 bits per heavy atom. The first kappa shape index (κ1) is 16.4. The van der Waals surface area contributed by atoms with Crippen molar-refractivity contribution in [2.45, 2.75) is 18.4 Å². The highest BCUT2D eigenvalue weighted by molar-refractivity contribution is 5.94. The number of rotatable bonds is 2. The second-order valence-electron chi connectivity index (χ2n) is 5.82. The van der Waals surface area contributed by atoms with Crippen molar-refractivity contribution in [2.24, 2.45) is 0 Å². The van der Waals surface area contributed by atoms with Crippen LogP contribution in [0.25, 0.3) is 0 Å². The minimum Gasteiger partial charge on any atom is -0.385 e. The molecule has 1 saturated heterocycles. The van der Waals surface area contributed by atoms with Crippen molar-refractivity contribution >= 4 is 5.91 Å². The lowest BCUT2D eigenvalue weighted by molar-refractivity contribution is -0.0241. The van der Waals surface area contributed by atoms with Gasteiger partial charge in [-0.1, -0.05) is 6.07 Å². The van der Waals surface area contributed by atoms with Gasteiger partial charge in [0.1, 0.15) is 11.6 Å². The Bertz CT molecular complexity index is 754. The van der Waals surface area contributed by atoms with E-state index in [2.05, 4.69) is 4.98 Å². The molecule has 0 saturated carbocycles. The number of benzene rings is 1. The molecule has 1 fully saturated rings. The summed E-state index contributed by atoms with van der Waals surface area (Å²) in [6, 6.07) is 5.61. The quantitative estimate of drug-likeness (QED) is 0.858. The fourth-order valence-electron chi connectivity index (χ4n) is 2.94. The van der Waals surface area contributed by atoms with Crippen molar-refractivity contribution in [2.75, 3.05) is 13.1 Å². The Balaban J connectivity index is 1.75. The third kappa shape index (κ3) is 3.12. The number of piperidine rings is 1. The van der Waals surface area contributed by atoms with Crippen molar-refractivity contribution in [3.63, 3.8) is 0 Å². The molecule has 2 heterocycles. The van der Waals surface area contributed by atoms with Gasteiger partial charge in [-0.15, -0.1) is 0 Å². The standard InChI is InChI=1S/C17H15F3N2O2/c18-12-8-11(9-13(19)10-12)16(23)22-6-3-17(24,4-7-22)14-2-1-5-21-15(14)20/h1-2,5,8-10,24H,3-4,6-7H2. The Morgan fingerprint density at radius 3 is 2.33 bits per heavy atom. The van der Waals surface area contributed by atoms with Crippen LogP contribution in [0.4, 0.5) is 13.2 Å². The molecule has 1 aliphatic rings. The molecule has 2 aromatic rings. The van der Waals surface area contributed by atoms with Gasteiger partial charge in [0, 0.05) is 36.5 Å². The zero-order valence-electron chi connectivity index (χ0n) is 12.7. The second-order valence-corrected chi connectivity index (χ2v) is 5.82. The van der Waals surface area contributed by atoms with Crippen LogP contribution >= 0.6 is 0 Å². The molecule has 1 N–H and O–H groups in total. The average molecular weight is 336 g/mol. The van der Waals surface area contributed by atoms with Gasteiger partial charge in [0.05, 0.1) is 5.60 Å². The number of aromatic nitrogens is 1. The lowest BCUT2D eigenvalue weighted by Crippen LogP contribution is -2.45. The summed E-state index contributed by atoms with van der Waals surface area (Å²) in [6.45, 7) is 0.281. The van der Waals surface area contributed by atoms with Gasteiger partial charge in [-0.2, -0.15) is 4.39 Å². The Morgan fingerprint density at radius 2 is 1.75 bits per heavy atom. The van der Waals surface area contributed by atoms with Crippen LogP contribution in [-0.4, -0.2) is 34.0 Å². The van der Waals surface area contributed by atoms with E-state index in [-0.39, 0.29) is 37.1 Å². The highest BCUT2D eigenvalue weighted by Gasteiger charge is 2.37. The molecule has 1 aromatic heterocycles. The summed E-state index contributed by atoms with van der Waals surface area (Å²) in [5, 5.41) is 10.6. The molecule has 0 aliphatic carbocycles. The molecule has 3 rings (SSSR count).